The second-order valence-corrected chi connectivity index (χ2v) is 9.17. The van der Waals surface area contributed by atoms with Gasteiger partial charge < -0.3 is 4.90 Å². The van der Waals surface area contributed by atoms with Gasteiger partial charge in [0.25, 0.3) is 0 Å². The molecule has 126 valence electrons. The van der Waals surface area contributed by atoms with Crippen molar-refractivity contribution in [3.63, 3.8) is 0 Å². The maximum Gasteiger partial charge on any atom is 0.0334 e. The predicted octanol–water partition coefficient (Wildman–Crippen LogP) is 2.38. The van der Waals surface area contributed by atoms with E-state index < -0.39 is 0 Å². The fourth-order valence-corrected chi connectivity index (χ4v) is 4.46. The smallest absolute Gasteiger partial charge is 0.0334 e. The summed E-state index contributed by atoms with van der Waals surface area (Å²) in [7, 11) is 2.11. The highest BCUT2D eigenvalue weighted by molar-refractivity contribution is 7.52. The molecule has 0 bridgehead atoms. The molecule has 0 radical (unpaired) electrons. The quantitative estimate of drug-likeness (QED) is 0.728. The van der Waals surface area contributed by atoms with E-state index in [-0.39, 0.29) is 8.22 Å². The van der Waals surface area contributed by atoms with Crippen LogP contribution in [0.2, 0.25) is 0 Å². The first-order chi connectivity index (χ1) is 9.88. The number of likely N-dealkylation sites (N-methyl/N-ethyl adjacent to an activating group) is 1. The minimum Gasteiger partial charge on any atom is -0.305 e. The molecule has 1 N–H and O–H groups in total. The number of nitrogens with one attached hydrogen (secondary N) is 1. The zero-order chi connectivity index (χ0) is 15.8. The molecule has 4 nitrogen and oxygen atoms in total. The van der Waals surface area contributed by atoms with Crippen molar-refractivity contribution in [1.29, 1.82) is 0 Å². The minimum atomic E-state index is -0.137. The van der Waals surface area contributed by atoms with Gasteiger partial charge in [0.05, 0.1) is 0 Å². The second-order valence-electron chi connectivity index (χ2n) is 7.24. The van der Waals surface area contributed by atoms with Crippen LogP contribution in [0.3, 0.4) is 0 Å². The fraction of sp³-hybridized carbons (Fsp3) is 1.00. The molecule has 0 aromatic heterocycles. The monoisotopic (exact) mass is 316 g/mol. The molecule has 1 aliphatic rings. The lowest BCUT2D eigenvalue weighted by molar-refractivity contribution is 0.200. The van der Waals surface area contributed by atoms with Crippen LogP contribution in [0, 0.1) is 11.8 Å². The minimum absolute atomic E-state index is 0.137. The average molecular weight is 316 g/mol. The number of rotatable bonds is 7. The summed E-state index contributed by atoms with van der Waals surface area (Å²) in [5.74, 6) is 1.51. The molecule has 1 atom stereocenters. The zero-order valence-electron chi connectivity index (χ0n) is 15.1. The van der Waals surface area contributed by atoms with E-state index >= 15 is 0 Å². The maximum absolute atomic E-state index is 3.73. The van der Waals surface area contributed by atoms with Crippen LogP contribution in [0.1, 0.15) is 27.7 Å². The third-order valence-corrected chi connectivity index (χ3v) is 5.81. The van der Waals surface area contributed by atoms with Crippen molar-refractivity contribution in [2.45, 2.75) is 27.7 Å². The SMILES string of the molecule is CC(C)CN(C)CCN1CCNP(C)N(CC(C)C)CC1. The van der Waals surface area contributed by atoms with Crippen LogP contribution >= 0.6 is 8.22 Å². The highest BCUT2D eigenvalue weighted by Crippen LogP contribution is 2.32. The lowest BCUT2D eigenvalue weighted by atomic mass is 10.2. The summed E-state index contributed by atoms with van der Waals surface area (Å²) in [6, 6.07) is 0. The van der Waals surface area contributed by atoms with Gasteiger partial charge in [-0.3, -0.25) is 14.7 Å². The van der Waals surface area contributed by atoms with Crippen LogP contribution in [-0.4, -0.2) is 80.5 Å². The van der Waals surface area contributed by atoms with E-state index in [2.05, 4.69) is 61.0 Å². The highest BCUT2D eigenvalue weighted by atomic mass is 31.1. The predicted molar refractivity (Wildman–Crippen MR) is 96.0 cm³/mol. The molecule has 0 spiro atoms. The van der Waals surface area contributed by atoms with Crippen LogP contribution in [0.25, 0.3) is 0 Å². The summed E-state index contributed by atoms with van der Waals surface area (Å²) in [4.78, 5) is 5.09. The van der Waals surface area contributed by atoms with Crippen molar-refractivity contribution in [3.8, 4) is 0 Å². The Morgan fingerprint density at radius 1 is 1.10 bits per heavy atom. The highest BCUT2D eigenvalue weighted by Gasteiger charge is 2.19. The summed E-state index contributed by atoms with van der Waals surface area (Å²) < 4.78 is 2.66. The van der Waals surface area contributed by atoms with Crippen molar-refractivity contribution in [3.05, 3.63) is 0 Å². The summed E-state index contributed by atoms with van der Waals surface area (Å²) in [6.07, 6.45) is 0. The maximum atomic E-state index is 3.73. The summed E-state index contributed by atoms with van der Waals surface area (Å²) in [6.45, 7) is 21.1. The molecule has 5 heteroatoms. The molecule has 0 amide bonds. The van der Waals surface area contributed by atoms with Gasteiger partial charge in [-0.05, 0) is 25.5 Å². The van der Waals surface area contributed by atoms with E-state index in [1.807, 2.05) is 0 Å². The summed E-state index contributed by atoms with van der Waals surface area (Å²) in [5, 5.41) is 3.73. The van der Waals surface area contributed by atoms with E-state index in [4.69, 9.17) is 0 Å². The molecule has 1 rings (SSSR count). The van der Waals surface area contributed by atoms with Crippen LogP contribution < -0.4 is 5.09 Å². The van der Waals surface area contributed by atoms with Crippen molar-refractivity contribution >= 4 is 8.22 Å². The lowest BCUT2D eigenvalue weighted by Gasteiger charge is -2.36. The molecular weight excluding hydrogens is 279 g/mol. The zero-order valence-corrected chi connectivity index (χ0v) is 16.0. The molecule has 0 aromatic carbocycles. The molecule has 1 fully saturated rings. The third kappa shape index (κ3) is 8.47. The van der Waals surface area contributed by atoms with Crippen LogP contribution in [0.4, 0.5) is 0 Å². The van der Waals surface area contributed by atoms with E-state index in [1.165, 1.54) is 45.8 Å². The van der Waals surface area contributed by atoms with Gasteiger partial charge in [-0.2, -0.15) is 0 Å². The Morgan fingerprint density at radius 2 is 1.81 bits per heavy atom. The van der Waals surface area contributed by atoms with E-state index in [9.17, 15) is 0 Å². The van der Waals surface area contributed by atoms with Crippen molar-refractivity contribution in [2.75, 3.05) is 66.1 Å². The fourth-order valence-electron chi connectivity index (χ4n) is 2.87. The van der Waals surface area contributed by atoms with E-state index in [0.717, 1.165) is 18.4 Å². The van der Waals surface area contributed by atoms with Gasteiger partial charge in [0.2, 0.25) is 0 Å². The van der Waals surface area contributed by atoms with E-state index in [1.54, 1.807) is 0 Å². The van der Waals surface area contributed by atoms with Crippen LogP contribution in [0.5, 0.6) is 0 Å². The van der Waals surface area contributed by atoms with Gasteiger partial charge in [0.1, 0.15) is 0 Å². The summed E-state index contributed by atoms with van der Waals surface area (Å²) in [5.41, 5.74) is 0. The Bertz CT molecular complexity index is 273. The Morgan fingerprint density at radius 3 is 2.43 bits per heavy atom. The van der Waals surface area contributed by atoms with Gasteiger partial charge in [-0.15, -0.1) is 0 Å². The van der Waals surface area contributed by atoms with Gasteiger partial charge in [-0.1, -0.05) is 27.7 Å². The molecular formula is C16H37N4P. The Hall–Kier alpha value is 0.270. The Labute approximate surface area is 134 Å². The molecule has 0 saturated carbocycles. The summed E-state index contributed by atoms with van der Waals surface area (Å²) >= 11 is 0. The largest absolute Gasteiger partial charge is 0.305 e. The van der Waals surface area contributed by atoms with E-state index in [0.29, 0.717) is 0 Å². The molecule has 0 aromatic rings. The lowest BCUT2D eigenvalue weighted by Crippen LogP contribution is -2.45. The second kappa shape index (κ2) is 10.1. The number of hydrogen-bond acceptors (Lipinski definition) is 4. The molecule has 1 saturated heterocycles. The first-order valence-electron chi connectivity index (χ1n) is 8.51. The Kier molecular flexibility index (Phi) is 9.31. The van der Waals surface area contributed by atoms with Crippen molar-refractivity contribution in [2.24, 2.45) is 11.8 Å². The number of hydrogen-bond donors (Lipinski definition) is 1. The van der Waals surface area contributed by atoms with Crippen molar-refractivity contribution < 1.29 is 0 Å². The van der Waals surface area contributed by atoms with Crippen LogP contribution in [-0.2, 0) is 0 Å². The topological polar surface area (TPSA) is 21.8 Å². The number of nitrogens with zero attached hydrogens (tertiary/aromatic N) is 3. The third-order valence-electron chi connectivity index (χ3n) is 3.92. The molecule has 1 aliphatic heterocycles. The molecule has 1 unspecified atom stereocenters. The van der Waals surface area contributed by atoms with Gasteiger partial charge >= 0.3 is 0 Å². The van der Waals surface area contributed by atoms with Gasteiger partial charge in [0.15, 0.2) is 0 Å². The average Bonchev–Trinajstić information content (AvgIpc) is 2.36. The molecule has 0 aliphatic carbocycles. The van der Waals surface area contributed by atoms with Crippen LogP contribution in [0.15, 0.2) is 0 Å². The Balaban J connectivity index is 2.36. The first kappa shape index (κ1) is 19.3. The standard InChI is InChI=1S/C16H37N4P/c1-15(2)13-18(5)9-10-19-8-7-17-21(6)20(12-11-19)14-16(3)4/h15-17H,7-14H2,1-6H3. The van der Waals surface area contributed by atoms with Crippen molar-refractivity contribution in [1.82, 2.24) is 19.6 Å². The normalized spacial score (nSPS) is 23.0. The molecule has 1 heterocycles. The first-order valence-corrected chi connectivity index (χ1v) is 10.3. The molecule has 21 heavy (non-hydrogen) atoms. The van der Waals surface area contributed by atoms with Gasteiger partial charge in [0, 0.05) is 60.6 Å². The van der Waals surface area contributed by atoms with Gasteiger partial charge in [-0.25, -0.2) is 0 Å².